The molecule has 2 amide bonds. The zero-order valence-electron chi connectivity index (χ0n) is 22.7. The fourth-order valence-electron chi connectivity index (χ4n) is 6.13. The molecule has 40 heavy (non-hydrogen) atoms. The number of aryl methyl sites for hydroxylation is 1. The molecule has 7 nitrogen and oxygen atoms in total. The predicted octanol–water partition coefficient (Wildman–Crippen LogP) is 5.64. The van der Waals surface area contributed by atoms with Gasteiger partial charge in [-0.1, -0.05) is 60.7 Å². The van der Waals surface area contributed by atoms with Gasteiger partial charge in [-0.05, 0) is 55.0 Å². The van der Waals surface area contributed by atoms with E-state index in [1.54, 1.807) is 11.6 Å². The molecule has 5 aromatic rings. The number of likely N-dealkylation sites (tertiary alicyclic amines) is 1. The molecule has 0 aliphatic carbocycles. The van der Waals surface area contributed by atoms with Gasteiger partial charge in [-0.25, -0.2) is 4.79 Å². The van der Waals surface area contributed by atoms with Crippen LogP contribution in [0, 0.1) is 0 Å². The molecular formula is C33H34N4O3. The summed E-state index contributed by atoms with van der Waals surface area (Å²) in [5.41, 5.74) is 4.49. The maximum absolute atomic E-state index is 13.9. The topological polar surface area (TPSA) is 90.4 Å². The highest BCUT2D eigenvalue weighted by Crippen LogP contribution is 2.40. The normalized spacial score (nSPS) is 14.5. The lowest BCUT2D eigenvalue weighted by atomic mass is 9.85. The van der Waals surface area contributed by atoms with Crippen LogP contribution in [0.4, 0.5) is 4.79 Å². The van der Waals surface area contributed by atoms with Crippen molar-refractivity contribution >= 4 is 27.8 Å². The van der Waals surface area contributed by atoms with E-state index in [9.17, 15) is 14.7 Å². The number of urea groups is 1. The Balaban J connectivity index is 1.48. The Bertz CT molecular complexity index is 1730. The van der Waals surface area contributed by atoms with Gasteiger partial charge in [0.15, 0.2) is 0 Å². The maximum Gasteiger partial charge on any atom is 0.317 e. The number of pyridine rings is 1. The van der Waals surface area contributed by atoms with E-state index in [-0.39, 0.29) is 17.3 Å². The van der Waals surface area contributed by atoms with E-state index in [0.717, 1.165) is 53.7 Å². The zero-order valence-corrected chi connectivity index (χ0v) is 22.7. The molecule has 1 unspecified atom stereocenters. The first-order chi connectivity index (χ1) is 19.5. The third-order valence-electron chi connectivity index (χ3n) is 8.16. The number of piperidine rings is 1. The van der Waals surface area contributed by atoms with E-state index in [4.69, 9.17) is 0 Å². The monoisotopic (exact) mass is 534 g/mol. The number of carbonyl (C=O) groups excluding carboxylic acids is 1. The minimum Gasteiger partial charge on any atom is -0.507 e. The van der Waals surface area contributed by atoms with Gasteiger partial charge >= 0.3 is 6.03 Å². The number of H-pyrrole nitrogens is 1. The van der Waals surface area contributed by atoms with Gasteiger partial charge in [0, 0.05) is 48.7 Å². The molecule has 3 aromatic carbocycles. The smallest absolute Gasteiger partial charge is 0.317 e. The molecule has 0 radical (unpaired) electrons. The first-order valence-electron chi connectivity index (χ1n) is 14.0. The summed E-state index contributed by atoms with van der Waals surface area (Å²) in [4.78, 5) is 32.3. The number of amides is 2. The van der Waals surface area contributed by atoms with Crippen molar-refractivity contribution in [2.24, 2.45) is 7.05 Å². The number of para-hydroxylation sites is 2. The second kappa shape index (κ2) is 10.9. The van der Waals surface area contributed by atoms with Crippen molar-refractivity contribution in [3.63, 3.8) is 0 Å². The number of nitrogens with zero attached hydrogens (tertiary/aromatic N) is 2. The van der Waals surface area contributed by atoms with Crippen LogP contribution in [0.25, 0.3) is 21.8 Å². The molecular weight excluding hydrogens is 500 g/mol. The lowest BCUT2D eigenvalue weighted by molar-refractivity contribution is 0.186. The van der Waals surface area contributed by atoms with Crippen molar-refractivity contribution < 1.29 is 9.90 Å². The second-order valence-corrected chi connectivity index (χ2v) is 10.6. The molecule has 1 atom stereocenters. The molecule has 3 N–H and O–H groups in total. The highest BCUT2D eigenvalue weighted by atomic mass is 16.3. The molecule has 1 fully saturated rings. The second-order valence-electron chi connectivity index (χ2n) is 10.6. The summed E-state index contributed by atoms with van der Waals surface area (Å²) in [6, 6.07) is 25.3. The van der Waals surface area contributed by atoms with Gasteiger partial charge in [-0.15, -0.1) is 0 Å². The molecule has 204 valence electrons. The summed E-state index contributed by atoms with van der Waals surface area (Å²) in [7, 11) is 1.75. The fraction of sp³-hybridized carbons (Fsp3) is 0.273. The summed E-state index contributed by atoms with van der Waals surface area (Å²) in [5.74, 6) is -0.541. The molecule has 3 heterocycles. The average molecular weight is 535 g/mol. The molecule has 0 saturated carbocycles. The van der Waals surface area contributed by atoms with Gasteiger partial charge in [0.1, 0.15) is 5.75 Å². The number of nitrogens with one attached hydrogen (secondary N) is 2. The number of aromatic hydroxyl groups is 1. The Morgan fingerprint density at radius 2 is 1.60 bits per heavy atom. The van der Waals surface area contributed by atoms with E-state index < -0.39 is 5.92 Å². The molecule has 7 heteroatoms. The van der Waals surface area contributed by atoms with E-state index in [0.29, 0.717) is 29.4 Å². The zero-order chi connectivity index (χ0) is 27.6. The minimum absolute atomic E-state index is 0.00411. The molecule has 1 aliphatic heterocycles. The number of aromatic amines is 1. The van der Waals surface area contributed by atoms with Crippen LogP contribution in [0.15, 0.2) is 83.7 Å². The number of hydrogen-bond acceptors (Lipinski definition) is 3. The van der Waals surface area contributed by atoms with E-state index in [1.807, 2.05) is 77.7 Å². The Labute approximate surface area is 233 Å². The van der Waals surface area contributed by atoms with Gasteiger partial charge in [0.25, 0.3) is 5.56 Å². The third kappa shape index (κ3) is 4.62. The van der Waals surface area contributed by atoms with Gasteiger partial charge in [-0.3, -0.25) is 4.79 Å². The van der Waals surface area contributed by atoms with Crippen molar-refractivity contribution in [3.05, 3.63) is 112 Å². The number of benzene rings is 3. The maximum atomic E-state index is 13.9. The third-order valence-corrected chi connectivity index (χ3v) is 8.16. The van der Waals surface area contributed by atoms with Crippen LogP contribution in [0.1, 0.15) is 47.6 Å². The largest absolute Gasteiger partial charge is 0.507 e. The summed E-state index contributed by atoms with van der Waals surface area (Å²) in [6.07, 6.45) is 3.84. The van der Waals surface area contributed by atoms with Crippen LogP contribution in [0.2, 0.25) is 0 Å². The predicted molar refractivity (Wildman–Crippen MR) is 159 cm³/mol. The molecule has 2 aromatic heterocycles. The minimum atomic E-state index is -0.537. The summed E-state index contributed by atoms with van der Waals surface area (Å²) in [5, 5.41) is 16.4. The molecule has 0 bridgehead atoms. The van der Waals surface area contributed by atoms with Gasteiger partial charge in [0.2, 0.25) is 0 Å². The van der Waals surface area contributed by atoms with Crippen LogP contribution in [0.3, 0.4) is 0 Å². The van der Waals surface area contributed by atoms with Crippen LogP contribution in [0.5, 0.6) is 5.75 Å². The van der Waals surface area contributed by atoms with Crippen molar-refractivity contribution in [1.29, 1.82) is 0 Å². The highest BCUT2D eigenvalue weighted by molar-refractivity contribution is 5.88. The number of aromatic nitrogens is 2. The quantitative estimate of drug-likeness (QED) is 0.263. The van der Waals surface area contributed by atoms with E-state index >= 15 is 0 Å². The average Bonchev–Trinajstić information content (AvgIpc) is 3.36. The van der Waals surface area contributed by atoms with Gasteiger partial charge < -0.3 is 24.9 Å². The summed E-state index contributed by atoms with van der Waals surface area (Å²) in [6.45, 7) is 2.06. The molecule has 6 rings (SSSR count). The Morgan fingerprint density at radius 3 is 2.38 bits per heavy atom. The summed E-state index contributed by atoms with van der Waals surface area (Å²) >= 11 is 0. The fourth-order valence-corrected chi connectivity index (χ4v) is 6.13. The number of carbonyl (C=O) groups is 1. The summed E-state index contributed by atoms with van der Waals surface area (Å²) < 4.78 is 1.61. The first kappa shape index (κ1) is 25.7. The van der Waals surface area contributed by atoms with E-state index in [1.165, 1.54) is 6.42 Å². The highest BCUT2D eigenvalue weighted by Gasteiger charge is 2.30. The Morgan fingerprint density at radius 1 is 0.925 bits per heavy atom. The van der Waals surface area contributed by atoms with Crippen molar-refractivity contribution in [2.45, 2.75) is 31.6 Å². The molecule has 0 spiro atoms. The van der Waals surface area contributed by atoms with Crippen LogP contribution in [-0.2, 0) is 13.5 Å². The molecule has 1 saturated heterocycles. The van der Waals surface area contributed by atoms with Gasteiger partial charge in [0.05, 0.1) is 17.0 Å². The Kier molecular flexibility index (Phi) is 7.03. The molecule has 1 aliphatic rings. The lowest BCUT2D eigenvalue weighted by Crippen LogP contribution is -2.43. The first-order valence-corrected chi connectivity index (χ1v) is 14.0. The van der Waals surface area contributed by atoms with Crippen LogP contribution in [-0.4, -0.2) is 45.2 Å². The van der Waals surface area contributed by atoms with Gasteiger partial charge in [-0.2, -0.15) is 0 Å². The van der Waals surface area contributed by atoms with Crippen LogP contribution >= 0.6 is 0 Å². The SMILES string of the molecule is Cn1c(=O)c(C(c2ccccc2)c2[nH]c3ccccc3c2CCNC(=O)N2CCCCC2)c(O)c2ccccc21. The van der Waals surface area contributed by atoms with Crippen LogP contribution < -0.4 is 10.9 Å². The lowest BCUT2D eigenvalue weighted by Gasteiger charge is -2.27. The van der Waals surface area contributed by atoms with Crippen molar-refractivity contribution in [3.8, 4) is 5.75 Å². The number of rotatable bonds is 6. The van der Waals surface area contributed by atoms with Crippen molar-refractivity contribution in [2.75, 3.05) is 19.6 Å². The Hall–Kier alpha value is -4.52. The number of fused-ring (bicyclic) bond motifs is 2. The van der Waals surface area contributed by atoms with Crippen molar-refractivity contribution in [1.82, 2.24) is 19.8 Å². The van der Waals surface area contributed by atoms with E-state index in [2.05, 4.69) is 16.4 Å². The number of hydrogen-bond donors (Lipinski definition) is 3. The standard InChI is InChI=1S/C33H34N4O3/c1-36-27-17-9-7-15-25(27)31(38)29(32(36)39)28(22-12-4-2-5-13-22)30-24(23-14-6-8-16-26(23)35-30)18-19-34-33(40)37-20-10-3-11-21-37/h2,4-9,12-17,28,35,38H,3,10-11,18-21H2,1H3,(H,34,40).